The van der Waals surface area contributed by atoms with Crippen molar-refractivity contribution in [3.8, 4) is 11.3 Å². The van der Waals surface area contributed by atoms with Crippen molar-refractivity contribution in [1.82, 2.24) is 20.1 Å². The molecule has 1 saturated heterocycles. The molecule has 1 fully saturated rings. The fourth-order valence-electron chi connectivity index (χ4n) is 2.80. The zero-order valence-corrected chi connectivity index (χ0v) is 15.5. The highest BCUT2D eigenvalue weighted by atomic mass is 32.1. The Morgan fingerprint density at radius 1 is 1.23 bits per heavy atom. The van der Waals surface area contributed by atoms with Crippen LogP contribution in [0.2, 0.25) is 0 Å². The van der Waals surface area contributed by atoms with Crippen molar-refractivity contribution in [1.29, 1.82) is 0 Å². The summed E-state index contributed by atoms with van der Waals surface area (Å²) in [5, 5.41) is 5.74. The third-order valence-corrected chi connectivity index (χ3v) is 5.24. The standard InChI is InChI=1S/C18H20N4O3S/c1-21-14(17(24)22(2)18(21)25)10-15(23)19-9-8-16-20-13(11-26-16)12-6-4-3-5-7-12/h3-7,11,14H,8-10H2,1-2H3,(H,19,23). The van der Waals surface area contributed by atoms with Crippen molar-refractivity contribution in [2.75, 3.05) is 20.6 Å². The number of imide groups is 1. The molecule has 1 aromatic carbocycles. The molecular weight excluding hydrogens is 352 g/mol. The first-order chi connectivity index (χ1) is 12.5. The maximum Gasteiger partial charge on any atom is 0.326 e. The van der Waals surface area contributed by atoms with Gasteiger partial charge in [-0.1, -0.05) is 30.3 Å². The van der Waals surface area contributed by atoms with E-state index in [2.05, 4.69) is 10.3 Å². The van der Waals surface area contributed by atoms with Gasteiger partial charge in [-0.15, -0.1) is 11.3 Å². The van der Waals surface area contributed by atoms with Crippen LogP contribution in [-0.2, 0) is 16.0 Å². The Morgan fingerprint density at radius 3 is 2.62 bits per heavy atom. The Hall–Kier alpha value is -2.74. The lowest BCUT2D eigenvalue weighted by molar-refractivity contribution is -0.131. The number of carbonyl (C=O) groups is 3. The van der Waals surface area contributed by atoms with E-state index >= 15 is 0 Å². The van der Waals surface area contributed by atoms with Crippen LogP contribution in [0, 0.1) is 0 Å². The first-order valence-electron chi connectivity index (χ1n) is 8.28. The highest BCUT2D eigenvalue weighted by molar-refractivity contribution is 7.09. The van der Waals surface area contributed by atoms with Gasteiger partial charge in [0.2, 0.25) is 5.91 Å². The summed E-state index contributed by atoms with van der Waals surface area (Å²) in [6, 6.07) is 8.81. The predicted octanol–water partition coefficient (Wildman–Crippen LogP) is 1.75. The molecule has 7 nitrogen and oxygen atoms in total. The van der Waals surface area contributed by atoms with Gasteiger partial charge in [0.05, 0.1) is 17.1 Å². The minimum atomic E-state index is -0.725. The monoisotopic (exact) mass is 372 g/mol. The normalized spacial score (nSPS) is 17.1. The first-order valence-corrected chi connectivity index (χ1v) is 9.16. The van der Waals surface area contributed by atoms with Gasteiger partial charge in [-0.25, -0.2) is 9.78 Å². The highest BCUT2D eigenvalue weighted by Gasteiger charge is 2.41. The Kier molecular flexibility index (Phi) is 5.32. The zero-order valence-electron chi connectivity index (χ0n) is 14.6. The molecule has 136 valence electrons. The maximum atomic E-state index is 12.1. The summed E-state index contributed by atoms with van der Waals surface area (Å²) in [5.41, 5.74) is 1.99. The van der Waals surface area contributed by atoms with Crippen molar-refractivity contribution in [2.45, 2.75) is 18.9 Å². The molecule has 4 amide bonds. The van der Waals surface area contributed by atoms with Gasteiger partial charge in [0.25, 0.3) is 5.91 Å². The van der Waals surface area contributed by atoms with Crippen LogP contribution in [0.5, 0.6) is 0 Å². The second kappa shape index (κ2) is 7.65. The Morgan fingerprint density at radius 2 is 1.96 bits per heavy atom. The van der Waals surface area contributed by atoms with Crippen LogP contribution >= 0.6 is 11.3 Å². The van der Waals surface area contributed by atoms with Crippen LogP contribution in [0.4, 0.5) is 4.79 Å². The molecular formula is C18H20N4O3S. The molecule has 1 aliphatic rings. The van der Waals surface area contributed by atoms with E-state index in [-0.39, 0.29) is 24.3 Å². The molecule has 1 atom stereocenters. The zero-order chi connectivity index (χ0) is 18.7. The number of urea groups is 1. The van der Waals surface area contributed by atoms with Crippen molar-refractivity contribution in [3.63, 3.8) is 0 Å². The molecule has 1 aromatic heterocycles. The number of aromatic nitrogens is 1. The number of carbonyl (C=O) groups excluding carboxylic acids is 3. The average molecular weight is 372 g/mol. The number of benzene rings is 1. The van der Waals surface area contributed by atoms with Crippen LogP contribution < -0.4 is 5.32 Å². The van der Waals surface area contributed by atoms with Gasteiger partial charge in [0.15, 0.2) is 0 Å². The van der Waals surface area contributed by atoms with E-state index in [1.807, 2.05) is 35.7 Å². The van der Waals surface area contributed by atoms with Gasteiger partial charge in [-0.2, -0.15) is 0 Å². The fourth-order valence-corrected chi connectivity index (χ4v) is 3.61. The van der Waals surface area contributed by atoms with Crippen molar-refractivity contribution >= 4 is 29.2 Å². The molecule has 3 rings (SSSR count). The number of likely N-dealkylation sites (N-methyl/N-ethyl adjacent to an activating group) is 2. The van der Waals surface area contributed by atoms with E-state index in [9.17, 15) is 14.4 Å². The number of thiazole rings is 1. The minimum absolute atomic E-state index is 0.0292. The van der Waals surface area contributed by atoms with Crippen LogP contribution in [0.1, 0.15) is 11.4 Å². The van der Waals surface area contributed by atoms with E-state index < -0.39 is 6.04 Å². The molecule has 0 radical (unpaired) electrons. The molecule has 0 saturated carbocycles. The van der Waals surface area contributed by atoms with E-state index in [4.69, 9.17) is 0 Å². The molecule has 26 heavy (non-hydrogen) atoms. The first kappa shape index (κ1) is 18.1. The van der Waals surface area contributed by atoms with E-state index in [1.165, 1.54) is 19.0 Å². The van der Waals surface area contributed by atoms with E-state index in [0.29, 0.717) is 13.0 Å². The van der Waals surface area contributed by atoms with Crippen molar-refractivity contribution in [2.24, 2.45) is 0 Å². The largest absolute Gasteiger partial charge is 0.356 e. The third-order valence-electron chi connectivity index (χ3n) is 4.33. The summed E-state index contributed by atoms with van der Waals surface area (Å²) in [4.78, 5) is 42.7. The SMILES string of the molecule is CN1C(=O)C(CC(=O)NCCc2nc(-c3ccccc3)cs2)N(C)C1=O. The van der Waals surface area contributed by atoms with Gasteiger partial charge < -0.3 is 10.2 Å². The lowest BCUT2D eigenvalue weighted by Crippen LogP contribution is -2.37. The minimum Gasteiger partial charge on any atom is -0.356 e. The number of hydrogen-bond donors (Lipinski definition) is 1. The Bertz CT molecular complexity index is 821. The summed E-state index contributed by atoms with van der Waals surface area (Å²) in [6.07, 6.45) is 0.592. The summed E-state index contributed by atoms with van der Waals surface area (Å²) in [7, 11) is 2.95. The van der Waals surface area contributed by atoms with E-state index in [0.717, 1.165) is 21.2 Å². The molecule has 0 spiro atoms. The van der Waals surface area contributed by atoms with Crippen LogP contribution in [0.25, 0.3) is 11.3 Å². The topological polar surface area (TPSA) is 82.6 Å². The van der Waals surface area contributed by atoms with Gasteiger partial charge >= 0.3 is 6.03 Å². The number of nitrogens with zero attached hydrogens (tertiary/aromatic N) is 3. The highest BCUT2D eigenvalue weighted by Crippen LogP contribution is 2.21. The molecule has 2 aromatic rings. The van der Waals surface area contributed by atoms with Crippen LogP contribution in [-0.4, -0.2) is 59.3 Å². The number of hydrogen-bond acceptors (Lipinski definition) is 5. The second-order valence-electron chi connectivity index (χ2n) is 6.10. The van der Waals surface area contributed by atoms with Gasteiger partial charge in [-0.3, -0.25) is 14.5 Å². The molecule has 1 aliphatic heterocycles. The number of nitrogens with one attached hydrogen (secondary N) is 1. The van der Waals surface area contributed by atoms with Crippen molar-refractivity contribution < 1.29 is 14.4 Å². The summed E-state index contributed by atoms with van der Waals surface area (Å²) < 4.78 is 0. The smallest absolute Gasteiger partial charge is 0.326 e. The van der Waals surface area contributed by atoms with Crippen LogP contribution in [0.15, 0.2) is 35.7 Å². The Balaban J connectivity index is 1.48. The third kappa shape index (κ3) is 3.75. The van der Waals surface area contributed by atoms with Gasteiger partial charge in [0, 0.05) is 38.0 Å². The average Bonchev–Trinajstić information content (AvgIpc) is 3.19. The second-order valence-corrected chi connectivity index (χ2v) is 7.05. The lowest BCUT2D eigenvalue weighted by Gasteiger charge is -2.15. The number of amides is 4. The molecule has 8 heteroatoms. The predicted molar refractivity (Wildman–Crippen MR) is 98.6 cm³/mol. The van der Waals surface area contributed by atoms with Gasteiger partial charge in [0.1, 0.15) is 6.04 Å². The fraction of sp³-hybridized carbons (Fsp3) is 0.333. The molecule has 0 aliphatic carbocycles. The van der Waals surface area contributed by atoms with E-state index in [1.54, 1.807) is 11.3 Å². The van der Waals surface area contributed by atoms with Crippen molar-refractivity contribution in [3.05, 3.63) is 40.7 Å². The molecule has 2 heterocycles. The summed E-state index contributed by atoms with van der Waals surface area (Å²) in [6.45, 7) is 0.439. The summed E-state index contributed by atoms with van der Waals surface area (Å²) >= 11 is 1.55. The maximum absolute atomic E-state index is 12.1. The van der Waals surface area contributed by atoms with Gasteiger partial charge in [-0.05, 0) is 0 Å². The molecule has 0 bridgehead atoms. The lowest BCUT2D eigenvalue weighted by atomic mass is 10.2. The quantitative estimate of drug-likeness (QED) is 0.783. The Labute approximate surface area is 155 Å². The molecule has 1 N–H and O–H groups in total. The summed E-state index contributed by atoms with van der Waals surface area (Å²) in [5.74, 6) is -0.599. The molecule has 1 unspecified atom stereocenters. The number of rotatable bonds is 6. The van der Waals surface area contributed by atoms with Crippen LogP contribution in [0.3, 0.4) is 0 Å².